The molecule has 1 heterocycles. The van der Waals surface area contributed by atoms with E-state index in [1.165, 1.54) is 11.9 Å². The van der Waals surface area contributed by atoms with Gasteiger partial charge in [-0.25, -0.2) is 0 Å². The second-order valence-electron chi connectivity index (χ2n) is 5.64. The smallest absolute Gasteiger partial charge is 0.247 e. The van der Waals surface area contributed by atoms with Crippen LogP contribution in [0.25, 0.3) is 0 Å². The predicted molar refractivity (Wildman–Crippen MR) is 96.8 cm³/mol. The first-order valence-corrected chi connectivity index (χ1v) is 8.36. The van der Waals surface area contributed by atoms with Crippen LogP contribution in [0.3, 0.4) is 0 Å². The molecule has 2 aromatic carbocycles. The summed E-state index contributed by atoms with van der Waals surface area (Å²) in [6, 6.07) is 14.3. The van der Waals surface area contributed by atoms with Gasteiger partial charge in [0, 0.05) is 24.4 Å². The fourth-order valence-electron chi connectivity index (χ4n) is 2.59. The van der Waals surface area contributed by atoms with E-state index in [2.05, 4.69) is 5.10 Å². The summed E-state index contributed by atoms with van der Waals surface area (Å²) in [5, 5.41) is 6.48. The molecule has 25 heavy (non-hydrogen) atoms. The zero-order valence-electron chi connectivity index (χ0n) is 13.7. The van der Waals surface area contributed by atoms with Gasteiger partial charge in [0.2, 0.25) is 17.5 Å². The lowest BCUT2D eigenvalue weighted by Crippen LogP contribution is -2.41. The predicted octanol–water partition coefficient (Wildman–Crippen LogP) is 4.44. The highest BCUT2D eigenvalue weighted by molar-refractivity contribution is 6.35. The van der Waals surface area contributed by atoms with Crippen LogP contribution in [0, 0.1) is 0 Å². The molecule has 0 N–H and O–H groups in total. The maximum atomic E-state index is 12.0. The number of rotatable bonds is 4. The van der Waals surface area contributed by atoms with E-state index in [1.807, 2.05) is 30.3 Å². The van der Waals surface area contributed by atoms with Gasteiger partial charge in [0.25, 0.3) is 0 Å². The molecule has 7 heteroatoms. The van der Waals surface area contributed by atoms with Crippen LogP contribution in [0.1, 0.15) is 19.4 Å². The van der Waals surface area contributed by atoms with Crippen molar-refractivity contribution in [2.45, 2.75) is 19.6 Å². The van der Waals surface area contributed by atoms with Gasteiger partial charge < -0.3 is 9.47 Å². The van der Waals surface area contributed by atoms with E-state index in [0.29, 0.717) is 15.8 Å². The van der Waals surface area contributed by atoms with Crippen molar-refractivity contribution in [1.82, 2.24) is 5.01 Å². The highest BCUT2D eigenvalue weighted by Crippen LogP contribution is 2.35. The van der Waals surface area contributed by atoms with E-state index in [-0.39, 0.29) is 18.4 Å². The van der Waals surface area contributed by atoms with E-state index >= 15 is 0 Å². The minimum absolute atomic E-state index is 0.0353. The van der Waals surface area contributed by atoms with Crippen molar-refractivity contribution in [3.63, 3.8) is 0 Å². The summed E-state index contributed by atoms with van der Waals surface area (Å²) in [5.41, 5.74) is -0.205. The number of ether oxygens (including phenoxy) is 2. The third kappa shape index (κ3) is 3.57. The molecule has 0 aromatic heterocycles. The topological polar surface area (TPSA) is 51.1 Å². The van der Waals surface area contributed by atoms with Crippen LogP contribution in [0.4, 0.5) is 0 Å². The molecule has 0 aliphatic carbocycles. The molecule has 5 nitrogen and oxygen atoms in total. The third-order valence-electron chi connectivity index (χ3n) is 3.79. The first-order chi connectivity index (χ1) is 11.9. The van der Waals surface area contributed by atoms with Gasteiger partial charge in [0.15, 0.2) is 6.61 Å². The Morgan fingerprint density at radius 3 is 2.60 bits per heavy atom. The van der Waals surface area contributed by atoms with Gasteiger partial charge in [0.05, 0.1) is 5.02 Å². The van der Waals surface area contributed by atoms with Crippen molar-refractivity contribution in [2.24, 2.45) is 5.10 Å². The van der Waals surface area contributed by atoms with Gasteiger partial charge in [-0.3, -0.25) is 4.79 Å². The van der Waals surface area contributed by atoms with Crippen molar-refractivity contribution in [2.75, 3.05) is 6.61 Å². The molecule has 0 radical (unpaired) electrons. The van der Waals surface area contributed by atoms with E-state index in [9.17, 15) is 4.79 Å². The second kappa shape index (κ2) is 6.94. The molecule has 0 bridgehead atoms. The Morgan fingerprint density at radius 1 is 1.24 bits per heavy atom. The summed E-state index contributed by atoms with van der Waals surface area (Å²) in [7, 11) is 0. The van der Waals surface area contributed by atoms with Gasteiger partial charge in [0.1, 0.15) is 5.75 Å². The van der Waals surface area contributed by atoms with Crippen LogP contribution in [-0.2, 0) is 15.3 Å². The van der Waals surface area contributed by atoms with Gasteiger partial charge in [-0.05, 0) is 18.2 Å². The minimum Gasteiger partial charge on any atom is -0.482 e. The summed E-state index contributed by atoms with van der Waals surface area (Å²) in [6.07, 6.45) is 0. The Labute approximate surface area is 155 Å². The largest absolute Gasteiger partial charge is 0.482 e. The quantitative estimate of drug-likeness (QED) is 0.789. The molecule has 1 atom stereocenters. The van der Waals surface area contributed by atoms with Crippen LogP contribution in [0.15, 0.2) is 53.6 Å². The zero-order chi connectivity index (χ0) is 18.0. The van der Waals surface area contributed by atoms with Gasteiger partial charge in [-0.15, -0.1) is 5.10 Å². The van der Waals surface area contributed by atoms with Crippen LogP contribution >= 0.6 is 23.2 Å². The zero-order valence-corrected chi connectivity index (χ0v) is 15.2. The lowest BCUT2D eigenvalue weighted by atomic mass is 10.0. The fraction of sp³-hybridized carbons (Fsp3) is 0.222. The molecule has 0 saturated carbocycles. The Hall–Kier alpha value is -2.24. The normalized spacial score (nSPS) is 19.4. The first-order valence-electron chi connectivity index (χ1n) is 7.61. The SMILES string of the molecule is CC(=O)N1N=C(COc2ccc(Cl)cc2Cl)O[C@@]1(C)c1ccccc1. The lowest BCUT2D eigenvalue weighted by Gasteiger charge is -2.30. The van der Waals surface area contributed by atoms with Crippen molar-refractivity contribution in [3.05, 3.63) is 64.1 Å². The Kier molecular flexibility index (Phi) is 4.88. The molecule has 2 aromatic rings. The van der Waals surface area contributed by atoms with Crippen molar-refractivity contribution in [1.29, 1.82) is 0 Å². The van der Waals surface area contributed by atoms with Crippen LogP contribution in [0.5, 0.6) is 5.75 Å². The highest BCUT2D eigenvalue weighted by Gasteiger charge is 2.44. The summed E-state index contributed by atoms with van der Waals surface area (Å²) >= 11 is 12.0. The maximum absolute atomic E-state index is 12.0. The van der Waals surface area contributed by atoms with Crippen LogP contribution in [0.2, 0.25) is 10.0 Å². The maximum Gasteiger partial charge on any atom is 0.247 e. The van der Waals surface area contributed by atoms with E-state index in [1.54, 1.807) is 25.1 Å². The average Bonchev–Trinajstić information content (AvgIpc) is 2.93. The number of hydrogen-bond acceptors (Lipinski definition) is 4. The molecule has 1 aliphatic rings. The van der Waals surface area contributed by atoms with Gasteiger partial charge >= 0.3 is 0 Å². The van der Waals surface area contributed by atoms with Crippen molar-refractivity contribution < 1.29 is 14.3 Å². The average molecular weight is 379 g/mol. The number of carbonyl (C=O) groups is 1. The number of nitrogens with zero attached hydrogens (tertiary/aromatic N) is 2. The lowest BCUT2D eigenvalue weighted by molar-refractivity contribution is -0.146. The molecular formula is C18H16Cl2N2O3. The first kappa shape index (κ1) is 17.6. The Balaban J connectivity index is 1.79. The monoisotopic (exact) mass is 378 g/mol. The fourth-order valence-corrected chi connectivity index (χ4v) is 3.05. The molecular weight excluding hydrogens is 363 g/mol. The van der Waals surface area contributed by atoms with Crippen molar-refractivity contribution in [3.8, 4) is 5.75 Å². The van der Waals surface area contributed by atoms with Crippen molar-refractivity contribution >= 4 is 35.0 Å². The third-order valence-corrected chi connectivity index (χ3v) is 4.32. The number of amides is 1. The Bertz CT molecular complexity index is 826. The molecule has 1 amide bonds. The second-order valence-corrected chi connectivity index (χ2v) is 6.48. The number of carbonyl (C=O) groups excluding carboxylic acids is 1. The summed E-state index contributed by atoms with van der Waals surface area (Å²) in [4.78, 5) is 12.0. The summed E-state index contributed by atoms with van der Waals surface area (Å²) in [6.45, 7) is 3.26. The minimum atomic E-state index is -1.02. The number of halogens is 2. The molecule has 3 rings (SSSR count). The van der Waals surface area contributed by atoms with Gasteiger partial charge in [-0.1, -0.05) is 53.5 Å². The molecule has 0 unspecified atom stereocenters. The van der Waals surface area contributed by atoms with E-state index < -0.39 is 5.72 Å². The van der Waals surface area contributed by atoms with E-state index in [0.717, 1.165) is 5.56 Å². The molecule has 1 aliphatic heterocycles. The van der Waals surface area contributed by atoms with Crippen LogP contribution in [-0.4, -0.2) is 23.4 Å². The van der Waals surface area contributed by atoms with Crippen LogP contribution < -0.4 is 4.74 Å². The number of benzene rings is 2. The Morgan fingerprint density at radius 2 is 1.96 bits per heavy atom. The number of hydrazone groups is 1. The van der Waals surface area contributed by atoms with E-state index in [4.69, 9.17) is 32.7 Å². The molecule has 0 saturated heterocycles. The number of hydrogen-bond donors (Lipinski definition) is 0. The molecule has 0 fully saturated rings. The molecule has 130 valence electrons. The van der Waals surface area contributed by atoms with Gasteiger partial charge in [-0.2, -0.15) is 5.01 Å². The summed E-state index contributed by atoms with van der Waals surface area (Å²) < 4.78 is 11.6. The summed E-state index contributed by atoms with van der Waals surface area (Å²) in [5.74, 6) is 0.513. The standard InChI is InChI=1S/C18H16Cl2N2O3/c1-12(23)22-18(2,13-6-4-3-5-7-13)25-17(21-22)11-24-16-9-8-14(19)10-15(16)20/h3-10H,11H2,1-2H3/t18-/m0/s1. The highest BCUT2D eigenvalue weighted by atomic mass is 35.5. The molecule has 0 spiro atoms.